The molecule has 0 radical (unpaired) electrons. The van der Waals surface area contributed by atoms with Gasteiger partial charge in [-0.25, -0.2) is 0 Å². The van der Waals surface area contributed by atoms with Crippen LogP contribution in [-0.4, -0.2) is 27.6 Å². The summed E-state index contributed by atoms with van der Waals surface area (Å²) < 4.78 is 2.83. The van der Waals surface area contributed by atoms with Gasteiger partial charge in [0.05, 0.1) is 22.9 Å². The van der Waals surface area contributed by atoms with Crippen LogP contribution in [0.4, 0.5) is 0 Å². The molecule has 1 heterocycles. The lowest BCUT2D eigenvalue weighted by molar-refractivity contribution is 0.0780. The molecule has 112 valence electrons. The third-order valence-corrected chi connectivity index (χ3v) is 4.22. The Bertz CT molecular complexity index is 664. The van der Waals surface area contributed by atoms with Crippen LogP contribution in [0.3, 0.4) is 0 Å². The number of benzene rings is 1. The average Bonchev–Trinajstić information content (AvgIpc) is 2.81. The molecule has 0 aliphatic rings. The molecule has 1 amide bonds. The van der Waals surface area contributed by atoms with Crippen LogP contribution in [0.5, 0.6) is 0 Å². The van der Waals surface area contributed by atoms with E-state index >= 15 is 0 Å². The first kappa shape index (κ1) is 15.8. The molecule has 4 nitrogen and oxygen atoms in total. The van der Waals surface area contributed by atoms with Crippen molar-refractivity contribution in [2.24, 2.45) is 0 Å². The van der Waals surface area contributed by atoms with Gasteiger partial charge in [0.1, 0.15) is 0 Å². The second-order valence-corrected chi connectivity index (χ2v) is 6.09. The van der Waals surface area contributed by atoms with Crippen molar-refractivity contribution in [3.05, 3.63) is 51.3 Å². The minimum atomic E-state index is 0.0342. The van der Waals surface area contributed by atoms with Gasteiger partial charge >= 0.3 is 0 Å². The van der Waals surface area contributed by atoms with Crippen molar-refractivity contribution in [3.63, 3.8) is 0 Å². The van der Waals surface area contributed by atoms with Gasteiger partial charge < -0.3 is 4.90 Å². The molecule has 1 aromatic heterocycles. The van der Waals surface area contributed by atoms with Gasteiger partial charge in [0.25, 0.3) is 5.91 Å². The van der Waals surface area contributed by atoms with Crippen molar-refractivity contribution in [2.45, 2.75) is 33.9 Å². The monoisotopic (exact) mass is 349 g/mol. The molecule has 5 heteroatoms. The molecule has 0 aliphatic carbocycles. The number of carbonyl (C=O) groups excluding carboxylic acids is 1. The zero-order valence-electron chi connectivity index (χ0n) is 12.9. The molecule has 21 heavy (non-hydrogen) atoms. The third kappa shape index (κ3) is 3.35. The van der Waals surface area contributed by atoms with E-state index in [1.54, 1.807) is 11.1 Å². The number of nitrogens with zero attached hydrogens (tertiary/aromatic N) is 3. The molecule has 0 bridgehead atoms. The van der Waals surface area contributed by atoms with Crippen LogP contribution in [0, 0.1) is 13.8 Å². The Morgan fingerprint density at radius 1 is 1.38 bits per heavy atom. The van der Waals surface area contributed by atoms with Gasteiger partial charge in [-0.1, -0.05) is 17.7 Å². The SMILES string of the molecule is CCn1ncc(Br)c1CN(C)C(=O)c1cc(C)ccc1C. The Morgan fingerprint density at radius 2 is 2.10 bits per heavy atom. The topological polar surface area (TPSA) is 38.1 Å². The van der Waals surface area contributed by atoms with Gasteiger partial charge in [-0.15, -0.1) is 0 Å². The van der Waals surface area contributed by atoms with E-state index in [-0.39, 0.29) is 5.91 Å². The highest BCUT2D eigenvalue weighted by molar-refractivity contribution is 9.10. The summed E-state index contributed by atoms with van der Waals surface area (Å²) in [6.45, 7) is 7.31. The Balaban J connectivity index is 2.23. The lowest BCUT2D eigenvalue weighted by Crippen LogP contribution is -2.28. The van der Waals surface area contributed by atoms with Crippen LogP contribution in [0.15, 0.2) is 28.9 Å². The Kier molecular flexibility index (Phi) is 4.83. The first-order chi connectivity index (χ1) is 9.93. The molecule has 0 aliphatic heterocycles. The Morgan fingerprint density at radius 3 is 2.76 bits per heavy atom. The summed E-state index contributed by atoms with van der Waals surface area (Å²) in [4.78, 5) is 14.4. The van der Waals surface area contributed by atoms with E-state index in [9.17, 15) is 4.79 Å². The normalized spacial score (nSPS) is 10.7. The minimum absolute atomic E-state index is 0.0342. The predicted molar refractivity (Wildman–Crippen MR) is 87.3 cm³/mol. The van der Waals surface area contributed by atoms with Gasteiger partial charge in [0.15, 0.2) is 0 Å². The highest BCUT2D eigenvalue weighted by Crippen LogP contribution is 2.19. The lowest BCUT2D eigenvalue weighted by atomic mass is 10.0. The van der Waals surface area contributed by atoms with E-state index in [0.29, 0.717) is 6.54 Å². The molecule has 0 saturated carbocycles. The molecule has 2 rings (SSSR count). The molecular formula is C16H20BrN3O. The van der Waals surface area contributed by atoms with Gasteiger partial charge in [0.2, 0.25) is 0 Å². The highest BCUT2D eigenvalue weighted by atomic mass is 79.9. The maximum atomic E-state index is 12.6. The molecule has 2 aromatic rings. The molecule has 1 aromatic carbocycles. The standard InChI is InChI=1S/C16H20BrN3O/c1-5-20-15(14(17)9-18-20)10-19(4)16(21)13-8-11(2)6-7-12(13)3/h6-9H,5,10H2,1-4H3. The van der Waals surface area contributed by atoms with Gasteiger partial charge in [0, 0.05) is 19.2 Å². The number of aryl methyl sites for hydroxylation is 3. The number of hydrogen-bond acceptors (Lipinski definition) is 2. The predicted octanol–water partition coefficient (Wildman–Crippen LogP) is 3.55. The summed E-state index contributed by atoms with van der Waals surface area (Å²) in [6, 6.07) is 5.96. The fraction of sp³-hybridized carbons (Fsp3) is 0.375. The minimum Gasteiger partial charge on any atom is -0.336 e. The van der Waals surface area contributed by atoms with Gasteiger partial charge in [-0.2, -0.15) is 5.10 Å². The first-order valence-electron chi connectivity index (χ1n) is 6.97. The largest absolute Gasteiger partial charge is 0.336 e. The highest BCUT2D eigenvalue weighted by Gasteiger charge is 2.17. The van der Waals surface area contributed by atoms with E-state index in [0.717, 1.165) is 33.4 Å². The first-order valence-corrected chi connectivity index (χ1v) is 7.76. The van der Waals surface area contributed by atoms with Crippen LogP contribution in [-0.2, 0) is 13.1 Å². The summed E-state index contributed by atoms with van der Waals surface area (Å²) in [6.07, 6.45) is 1.77. The number of hydrogen-bond donors (Lipinski definition) is 0. The molecule has 0 spiro atoms. The van der Waals surface area contributed by atoms with E-state index < -0.39 is 0 Å². The number of halogens is 1. The Hall–Kier alpha value is -1.62. The van der Waals surface area contributed by atoms with E-state index in [4.69, 9.17) is 0 Å². The molecule has 0 saturated heterocycles. The van der Waals surface area contributed by atoms with Gasteiger partial charge in [-0.05, 0) is 48.3 Å². The number of carbonyl (C=O) groups is 1. The fourth-order valence-electron chi connectivity index (χ4n) is 2.29. The van der Waals surface area contributed by atoms with Crippen molar-refractivity contribution in [3.8, 4) is 0 Å². The number of aromatic nitrogens is 2. The van der Waals surface area contributed by atoms with Crippen LogP contribution in [0.1, 0.15) is 34.1 Å². The van der Waals surface area contributed by atoms with Crippen molar-refractivity contribution in [1.29, 1.82) is 0 Å². The van der Waals surface area contributed by atoms with E-state index in [1.165, 1.54) is 0 Å². The molecule has 0 unspecified atom stereocenters. The Labute approximate surface area is 133 Å². The van der Waals surface area contributed by atoms with Crippen molar-refractivity contribution >= 4 is 21.8 Å². The quantitative estimate of drug-likeness (QED) is 0.846. The van der Waals surface area contributed by atoms with Gasteiger partial charge in [-0.3, -0.25) is 9.48 Å². The fourth-order valence-corrected chi connectivity index (χ4v) is 2.71. The molecule has 0 N–H and O–H groups in total. The van der Waals surface area contributed by atoms with E-state index in [1.807, 2.05) is 50.7 Å². The summed E-state index contributed by atoms with van der Waals surface area (Å²) in [5.74, 6) is 0.0342. The van der Waals surface area contributed by atoms with Crippen molar-refractivity contribution in [1.82, 2.24) is 14.7 Å². The lowest BCUT2D eigenvalue weighted by Gasteiger charge is -2.19. The van der Waals surface area contributed by atoms with Crippen molar-refractivity contribution in [2.75, 3.05) is 7.05 Å². The molecule has 0 fully saturated rings. The number of rotatable bonds is 4. The van der Waals surface area contributed by atoms with Crippen LogP contribution in [0.2, 0.25) is 0 Å². The van der Waals surface area contributed by atoms with Crippen LogP contribution >= 0.6 is 15.9 Å². The maximum Gasteiger partial charge on any atom is 0.254 e. The maximum absolute atomic E-state index is 12.6. The second-order valence-electron chi connectivity index (χ2n) is 5.23. The molecule has 0 atom stereocenters. The van der Waals surface area contributed by atoms with Crippen LogP contribution < -0.4 is 0 Å². The molecular weight excluding hydrogens is 330 g/mol. The third-order valence-electron chi connectivity index (χ3n) is 3.55. The second kappa shape index (κ2) is 6.43. The number of amides is 1. The summed E-state index contributed by atoms with van der Waals surface area (Å²) >= 11 is 3.50. The zero-order valence-corrected chi connectivity index (χ0v) is 14.4. The van der Waals surface area contributed by atoms with Crippen LogP contribution in [0.25, 0.3) is 0 Å². The summed E-state index contributed by atoms with van der Waals surface area (Å²) in [5.41, 5.74) is 3.87. The summed E-state index contributed by atoms with van der Waals surface area (Å²) in [5, 5.41) is 4.28. The zero-order chi connectivity index (χ0) is 15.6. The smallest absolute Gasteiger partial charge is 0.254 e. The van der Waals surface area contributed by atoms with Crippen molar-refractivity contribution < 1.29 is 4.79 Å². The summed E-state index contributed by atoms with van der Waals surface area (Å²) in [7, 11) is 1.82. The average molecular weight is 350 g/mol. The van der Waals surface area contributed by atoms with E-state index in [2.05, 4.69) is 21.0 Å².